The number of nitrogens with zero attached hydrogens (tertiary/aromatic N) is 5. The van der Waals surface area contributed by atoms with E-state index in [-0.39, 0.29) is 36.9 Å². The van der Waals surface area contributed by atoms with Crippen molar-refractivity contribution in [2.45, 2.75) is 42.1 Å². The van der Waals surface area contributed by atoms with Gasteiger partial charge in [0, 0.05) is 11.8 Å². The van der Waals surface area contributed by atoms with Gasteiger partial charge < -0.3 is 19.6 Å². The van der Waals surface area contributed by atoms with Gasteiger partial charge in [0.2, 0.25) is 11.8 Å². The predicted octanol–water partition coefficient (Wildman–Crippen LogP) is 0.968. The molecular formula is C25H27N5O5S. The number of rotatable bonds is 5. The summed E-state index contributed by atoms with van der Waals surface area (Å²) in [6.07, 6.45) is 8.07. The van der Waals surface area contributed by atoms with E-state index in [4.69, 9.17) is 4.74 Å². The van der Waals surface area contributed by atoms with Crippen molar-refractivity contribution in [2.24, 2.45) is 11.8 Å². The van der Waals surface area contributed by atoms with E-state index in [1.165, 1.54) is 11.8 Å². The maximum absolute atomic E-state index is 14.3. The fourth-order valence-corrected chi connectivity index (χ4v) is 8.06. The second-order valence-corrected chi connectivity index (χ2v) is 11.1. The summed E-state index contributed by atoms with van der Waals surface area (Å²) in [5.74, 6) is -2.36. The molecule has 4 aliphatic rings. The summed E-state index contributed by atoms with van der Waals surface area (Å²) >= 11 is 1.49. The zero-order valence-corrected chi connectivity index (χ0v) is 20.6. The van der Waals surface area contributed by atoms with E-state index in [0.717, 1.165) is 11.0 Å². The molecule has 6 atom stereocenters. The van der Waals surface area contributed by atoms with Crippen LogP contribution in [0.2, 0.25) is 0 Å². The molecule has 1 spiro atoms. The predicted molar refractivity (Wildman–Crippen MR) is 131 cm³/mol. The zero-order chi connectivity index (χ0) is 25.0. The topological polar surface area (TPSA) is 118 Å². The van der Waals surface area contributed by atoms with E-state index in [2.05, 4.69) is 10.3 Å². The van der Waals surface area contributed by atoms with E-state index in [1.807, 2.05) is 49.4 Å². The third-order valence-electron chi connectivity index (χ3n) is 7.74. The molecule has 11 heteroatoms. The fourth-order valence-electron chi connectivity index (χ4n) is 6.07. The van der Waals surface area contributed by atoms with Gasteiger partial charge in [-0.15, -0.1) is 16.9 Å². The number of benzene rings is 1. The van der Waals surface area contributed by atoms with Crippen LogP contribution in [0.15, 0.2) is 48.6 Å². The van der Waals surface area contributed by atoms with Crippen LogP contribution in [0, 0.1) is 11.8 Å². The summed E-state index contributed by atoms with van der Waals surface area (Å²) in [7, 11) is 0. The summed E-state index contributed by atoms with van der Waals surface area (Å²) < 4.78 is 6.13. The van der Waals surface area contributed by atoms with E-state index in [0.29, 0.717) is 13.0 Å². The van der Waals surface area contributed by atoms with Gasteiger partial charge in [-0.1, -0.05) is 48.6 Å². The van der Waals surface area contributed by atoms with Crippen molar-refractivity contribution in [3.8, 4) is 0 Å². The van der Waals surface area contributed by atoms with E-state index in [9.17, 15) is 19.5 Å². The number of para-hydroxylation sites is 1. The number of carbonyl (C=O) groups excluding carboxylic acids is 3. The minimum absolute atomic E-state index is 0.165. The molecule has 4 aliphatic heterocycles. The second-order valence-electron chi connectivity index (χ2n) is 9.57. The number of hydrogen-bond donors (Lipinski definition) is 1. The number of thioether (sulfide) groups is 1. The summed E-state index contributed by atoms with van der Waals surface area (Å²) in [6.45, 7) is 2.28. The molecule has 1 N–H and O–H groups in total. The highest BCUT2D eigenvalue weighted by atomic mass is 32.2. The Balaban J connectivity index is 1.43. The molecule has 0 radical (unpaired) electrons. The lowest BCUT2D eigenvalue weighted by atomic mass is 9.78. The Kier molecular flexibility index (Phi) is 5.64. The Labute approximate surface area is 211 Å². The Hall–Kier alpha value is -3.18. The van der Waals surface area contributed by atoms with Crippen LogP contribution in [0.3, 0.4) is 0 Å². The number of cyclic esters (lactones) is 1. The molecule has 2 saturated heterocycles. The monoisotopic (exact) mass is 509 g/mol. The molecule has 1 aromatic carbocycles. The van der Waals surface area contributed by atoms with Crippen molar-refractivity contribution in [1.82, 2.24) is 24.8 Å². The molecule has 36 heavy (non-hydrogen) atoms. The van der Waals surface area contributed by atoms with Gasteiger partial charge >= 0.3 is 5.97 Å². The van der Waals surface area contributed by atoms with Crippen molar-refractivity contribution in [3.63, 3.8) is 0 Å². The largest absolute Gasteiger partial charge is 0.461 e. The third kappa shape index (κ3) is 3.25. The average Bonchev–Trinajstić information content (AvgIpc) is 3.43. The first kappa shape index (κ1) is 23.2. The maximum atomic E-state index is 14.3. The molecule has 2 amide bonds. The number of aromatic nitrogens is 3. The third-order valence-corrected chi connectivity index (χ3v) is 9.48. The highest BCUT2D eigenvalue weighted by Gasteiger charge is 2.71. The normalized spacial score (nSPS) is 32.2. The van der Waals surface area contributed by atoms with Crippen molar-refractivity contribution in [2.75, 3.05) is 19.8 Å². The highest BCUT2D eigenvalue weighted by molar-refractivity contribution is 8.02. The Morgan fingerprint density at radius 2 is 2.06 bits per heavy atom. The molecule has 188 valence electrons. The minimum Gasteiger partial charge on any atom is -0.461 e. The number of likely N-dealkylation sites (tertiary alicyclic amines) is 1. The minimum atomic E-state index is -0.939. The first-order chi connectivity index (χ1) is 17.5. The van der Waals surface area contributed by atoms with Crippen molar-refractivity contribution < 1.29 is 24.2 Å². The van der Waals surface area contributed by atoms with E-state index in [1.54, 1.807) is 20.6 Å². The highest BCUT2D eigenvalue weighted by Crippen LogP contribution is 2.61. The summed E-state index contributed by atoms with van der Waals surface area (Å²) in [4.78, 5) is 44.5. The van der Waals surface area contributed by atoms with E-state index >= 15 is 0 Å². The number of carbonyl (C=O) groups is 3. The van der Waals surface area contributed by atoms with Crippen molar-refractivity contribution in [3.05, 3.63) is 48.6 Å². The summed E-state index contributed by atoms with van der Waals surface area (Å²) in [5.41, 5.74) is 1.53. The van der Waals surface area contributed by atoms with E-state index < -0.39 is 34.6 Å². The van der Waals surface area contributed by atoms with Crippen LogP contribution in [0.25, 0.3) is 11.0 Å². The SMILES string of the molecule is CC[C@@H](CO)N1C(=O)[C@@H]2[C@H]3C(=O)OCC=C[C@H]3S[C@@]23C=CCN(Cn2nnc4ccccc42)C(=O)C13. The summed E-state index contributed by atoms with van der Waals surface area (Å²) in [5, 5.41) is 18.3. The Bertz CT molecular complexity index is 1290. The van der Waals surface area contributed by atoms with Crippen LogP contribution >= 0.6 is 11.8 Å². The molecule has 5 heterocycles. The van der Waals surface area contributed by atoms with Crippen molar-refractivity contribution >= 4 is 40.6 Å². The van der Waals surface area contributed by atoms with Crippen LogP contribution in [0.4, 0.5) is 0 Å². The lowest BCUT2D eigenvalue weighted by Crippen LogP contribution is -2.56. The van der Waals surface area contributed by atoms with Gasteiger partial charge in [0.1, 0.15) is 24.8 Å². The molecule has 1 unspecified atom stereocenters. The smallest absolute Gasteiger partial charge is 0.311 e. The van der Waals surface area contributed by atoms with Crippen LogP contribution in [0.1, 0.15) is 13.3 Å². The lowest BCUT2D eigenvalue weighted by Gasteiger charge is -2.38. The fraction of sp³-hybridized carbons (Fsp3) is 0.480. The molecule has 2 fully saturated rings. The maximum Gasteiger partial charge on any atom is 0.311 e. The summed E-state index contributed by atoms with van der Waals surface area (Å²) in [6, 6.07) is 6.13. The number of esters is 1. The number of fused-ring (bicyclic) bond motifs is 3. The number of aliphatic hydroxyl groups excluding tert-OH is 1. The first-order valence-corrected chi connectivity index (χ1v) is 13.1. The second kappa shape index (κ2) is 8.74. The van der Waals surface area contributed by atoms with Gasteiger partial charge in [0.05, 0.1) is 34.7 Å². The van der Waals surface area contributed by atoms with Gasteiger partial charge in [0.25, 0.3) is 0 Å². The first-order valence-electron chi connectivity index (χ1n) is 12.2. The number of hydrogen-bond acceptors (Lipinski definition) is 8. The molecule has 6 rings (SSSR count). The molecule has 0 bridgehead atoms. The number of aliphatic hydroxyl groups is 1. The van der Waals surface area contributed by atoms with Gasteiger partial charge in [0.15, 0.2) is 0 Å². The zero-order valence-electron chi connectivity index (χ0n) is 19.8. The van der Waals surface area contributed by atoms with Crippen LogP contribution in [-0.2, 0) is 25.8 Å². The molecule has 2 aromatic rings. The molecule has 10 nitrogen and oxygen atoms in total. The van der Waals surface area contributed by atoms with Crippen molar-refractivity contribution in [1.29, 1.82) is 0 Å². The lowest BCUT2D eigenvalue weighted by molar-refractivity contribution is -0.152. The van der Waals surface area contributed by atoms with Crippen LogP contribution in [0.5, 0.6) is 0 Å². The van der Waals surface area contributed by atoms with Crippen LogP contribution < -0.4 is 0 Å². The quantitative estimate of drug-likeness (QED) is 0.468. The molecule has 0 aliphatic carbocycles. The Morgan fingerprint density at radius 1 is 1.22 bits per heavy atom. The van der Waals surface area contributed by atoms with Crippen LogP contribution in [-0.4, -0.2) is 89.5 Å². The number of ether oxygens (including phenoxy) is 1. The Morgan fingerprint density at radius 3 is 2.86 bits per heavy atom. The average molecular weight is 510 g/mol. The number of amides is 2. The standard InChI is InChI=1S/C25H27N5O5S/c1-2-15(13-31)30-21-23(33)28(14-29-17-8-4-3-7-16(17)26-27-29)11-6-10-25(21)20(22(30)32)19-18(36-25)9-5-12-35-24(19)34/h3-10,15,18-21,31H,2,11-14H2,1H3/t15-,18+,19-,20-,21?,25-/m0/s1. The van der Waals surface area contributed by atoms with Gasteiger partial charge in [-0.05, 0) is 18.6 Å². The van der Waals surface area contributed by atoms with Gasteiger partial charge in [-0.2, -0.15) is 0 Å². The van der Waals surface area contributed by atoms with Gasteiger partial charge in [-0.3, -0.25) is 14.4 Å². The molecular weight excluding hydrogens is 482 g/mol. The molecule has 0 saturated carbocycles. The molecule has 1 aromatic heterocycles. The van der Waals surface area contributed by atoms with Gasteiger partial charge in [-0.25, -0.2) is 4.68 Å².